The van der Waals surface area contributed by atoms with Crippen LogP contribution in [0.2, 0.25) is 10.0 Å². The molecule has 154 valence electrons. The third kappa shape index (κ3) is 4.27. The van der Waals surface area contributed by atoms with Crippen molar-refractivity contribution in [2.45, 2.75) is 0 Å². The van der Waals surface area contributed by atoms with E-state index in [4.69, 9.17) is 44.9 Å². The van der Waals surface area contributed by atoms with Gasteiger partial charge in [0.15, 0.2) is 11.5 Å². The van der Waals surface area contributed by atoms with Gasteiger partial charge in [-0.3, -0.25) is 14.5 Å². The van der Waals surface area contributed by atoms with Crippen LogP contribution >= 0.6 is 47.2 Å². The van der Waals surface area contributed by atoms with Crippen molar-refractivity contribution in [2.75, 3.05) is 19.9 Å². The van der Waals surface area contributed by atoms with Gasteiger partial charge in [-0.2, -0.15) is 0 Å². The number of carbonyl (C=O) groups is 2. The van der Waals surface area contributed by atoms with E-state index in [2.05, 4.69) is 5.32 Å². The first kappa shape index (κ1) is 21.0. The molecule has 0 aliphatic carbocycles. The number of nitrogens with one attached hydrogen (secondary N) is 1. The fourth-order valence-electron chi connectivity index (χ4n) is 2.90. The zero-order chi connectivity index (χ0) is 21.3. The second kappa shape index (κ2) is 8.85. The average Bonchev–Trinajstić information content (AvgIpc) is 3.29. The Kier molecular flexibility index (Phi) is 6.19. The first-order valence-corrected chi connectivity index (χ1v) is 10.8. The molecule has 10 heteroatoms. The number of hydrogen-bond acceptors (Lipinski definition) is 6. The summed E-state index contributed by atoms with van der Waals surface area (Å²) < 4.78 is 11.1. The Morgan fingerprint density at radius 2 is 2.03 bits per heavy atom. The van der Waals surface area contributed by atoms with Crippen molar-refractivity contribution in [1.29, 1.82) is 0 Å². The molecule has 2 amide bonds. The first-order valence-electron chi connectivity index (χ1n) is 8.81. The standard InChI is InChI=1S/C20H14Cl2N2O4S2/c21-13-3-1-2-12(17(13)22)18(25)23-6-7-24-19(26)16(30-20(24)29)9-11-4-5-14-15(8-11)28-10-27-14/h1-5,8-9H,6-7,10H2,(H,23,25)/b16-9+. The van der Waals surface area contributed by atoms with E-state index in [0.29, 0.717) is 25.7 Å². The number of ether oxygens (including phenoxy) is 2. The van der Waals surface area contributed by atoms with Crippen LogP contribution in [-0.4, -0.2) is 40.9 Å². The Labute approximate surface area is 192 Å². The predicted molar refractivity (Wildman–Crippen MR) is 121 cm³/mol. The van der Waals surface area contributed by atoms with Gasteiger partial charge < -0.3 is 14.8 Å². The minimum atomic E-state index is -0.371. The van der Waals surface area contributed by atoms with Gasteiger partial charge in [-0.15, -0.1) is 0 Å². The van der Waals surface area contributed by atoms with Crippen LogP contribution in [0.4, 0.5) is 0 Å². The van der Waals surface area contributed by atoms with Gasteiger partial charge in [-0.25, -0.2) is 0 Å². The Bertz CT molecular complexity index is 1090. The lowest BCUT2D eigenvalue weighted by molar-refractivity contribution is -0.122. The normalized spacial score (nSPS) is 16.5. The molecule has 0 aromatic heterocycles. The lowest BCUT2D eigenvalue weighted by Gasteiger charge is -2.15. The molecule has 1 fully saturated rings. The molecule has 0 saturated carbocycles. The number of carbonyl (C=O) groups excluding carboxylic acids is 2. The maximum absolute atomic E-state index is 12.7. The summed E-state index contributed by atoms with van der Waals surface area (Å²) in [6.45, 7) is 0.644. The number of benzene rings is 2. The van der Waals surface area contributed by atoms with E-state index in [-0.39, 0.29) is 42.3 Å². The van der Waals surface area contributed by atoms with Crippen LogP contribution in [0.1, 0.15) is 15.9 Å². The molecule has 2 heterocycles. The molecule has 0 atom stereocenters. The molecular formula is C20H14Cl2N2O4S2. The minimum absolute atomic E-state index is 0.188. The highest BCUT2D eigenvalue weighted by molar-refractivity contribution is 8.26. The highest BCUT2D eigenvalue weighted by Gasteiger charge is 2.32. The number of thiocarbonyl (C=S) groups is 1. The number of fused-ring (bicyclic) bond motifs is 1. The van der Waals surface area contributed by atoms with Crippen molar-refractivity contribution < 1.29 is 19.1 Å². The topological polar surface area (TPSA) is 67.9 Å². The summed E-state index contributed by atoms with van der Waals surface area (Å²) in [6, 6.07) is 10.3. The van der Waals surface area contributed by atoms with Crippen LogP contribution in [0.15, 0.2) is 41.3 Å². The van der Waals surface area contributed by atoms with Gasteiger partial charge in [0.1, 0.15) is 4.32 Å². The van der Waals surface area contributed by atoms with Crippen LogP contribution in [0.25, 0.3) is 6.08 Å². The number of thioether (sulfide) groups is 1. The molecule has 0 radical (unpaired) electrons. The minimum Gasteiger partial charge on any atom is -0.454 e. The highest BCUT2D eigenvalue weighted by atomic mass is 35.5. The molecular weight excluding hydrogens is 467 g/mol. The summed E-state index contributed by atoms with van der Waals surface area (Å²) >= 11 is 18.6. The van der Waals surface area contributed by atoms with Gasteiger partial charge in [0.25, 0.3) is 11.8 Å². The lowest BCUT2D eigenvalue weighted by atomic mass is 10.2. The predicted octanol–water partition coefficient (Wildman–Crippen LogP) is 4.35. The third-order valence-electron chi connectivity index (χ3n) is 4.39. The SMILES string of the molecule is O=C(NCCN1C(=O)/C(=C\c2ccc3c(c2)OCO3)SC1=S)c1cccc(Cl)c1Cl. The Morgan fingerprint density at radius 1 is 1.23 bits per heavy atom. The van der Waals surface area contributed by atoms with E-state index >= 15 is 0 Å². The molecule has 30 heavy (non-hydrogen) atoms. The van der Waals surface area contributed by atoms with E-state index in [1.807, 2.05) is 12.1 Å². The Morgan fingerprint density at radius 3 is 2.87 bits per heavy atom. The van der Waals surface area contributed by atoms with Gasteiger partial charge in [-0.05, 0) is 35.9 Å². The van der Waals surface area contributed by atoms with Crippen molar-refractivity contribution in [3.8, 4) is 11.5 Å². The number of halogens is 2. The number of rotatable bonds is 5. The summed E-state index contributed by atoms with van der Waals surface area (Å²) in [5, 5.41) is 3.22. The third-order valence-corrected chi connectivity index (χ3v) is 6.58. The van der Waals surface area contributed by atoms with E-state index in [0.717, 1.165) is 5.56 Å². The van der Waals surface area contributed by atoms with Crippen LogP contribution in [-0.2, 0) is 4.79 Å². The molecule has 0 unspecified atom stereocenters. The number of amides is 2. The molecule has 6 nitrogen and oxygen atoms in total. The number of hydrogen-bond donors (Lipinski definition) is 1. The maximum Gasteiger partial charge on any atom is 0.266 e. The van der Waals surface area contributed by atoms with E-state index < -0.39 is 0 Å². The van der Waals surface area contributed by atoms with Crippen LogP contribution in [0, 0.1) is 0 Å². The van der Waals surface area contributed by atoms with Gasteiger partial charge in [-0.1, -0.05) is 59.3 Å². The zero-order valence-electron chi connectivity index (χ0n) is 15.3. The Hall–Kier alpha value is -2.26. The highest BCUT2D eigenvalue weighted by Crippen LogP contribution is 2.36. The van der Waals surface area contributed by atoms with E-state index in [9.17, 15) is 9.59 Å². The quantitative estimate of drug-likeness (QED) is 0.506. The average molecular weight is 481 g/mol. The molecule has 1 saturated heterocycles. The molecule has 1 N–H and O–H groups in total. The molecule has 0 spiro atoms. The van der Waals surface area contributed by atoms with Crippen LogP contribution in [0.5, 0.6) is 11.5 Å². The summed E-state index contributed by atoms with van der Waals surface area (Å²) in [5.74, 6) is 0.735. The molecule has 4 rings (SSSR count). The fraction of sp³-hybridized carbons (Fsp3) is 0.150. The van der Waals surface area contributed by atoms with Crippen LogP contribution < -0.4 is 14.8 Å². The smallest absolute Gasteiger partial charge is 0.266 e. The zero-order valence-corrected chi connectivity index (χ0v) is 18.5. The van der Waals surface area contributed by atoms with Crippen molar-refractivity contribution >= 4 is 69.4 Å². The van der Waals surface area contributed by atoms with Crippen molar-refractivity contribution in [3.63, 3.8) is 0 Å². The largest absolute Gasteiger partial charge is 0.454 e. The molecule has 0 bridgehead atoms. The van der Waals surface area contributed by atoms with Crippen molar-refractivity contribution in [2.24, 2.45) is 0 Å². The van der Waals surface area contributed by atoms with Crippen molar-refractivity contribution in [1.82, 2.24) is 10.2 Å². The number of nitrogens with zero attached hydrogens (tertiary/aromatic N) is 1. The maximum atomic E-state index is 12.7. The van der Waals surface area contributed by atoms with E-state index in [1.165, 1.54) is 16.7 Å². The summed E-state index contributed by atoms with van der Waals surface area (Å²) in [4.78, 5) is 27.0. The first-order chi connectivity index (χ1) is 14.4. The van der Waals surface area contributed by atoms with Crippen molar-refractivity contribution in [3.05, 3.63) is 62.5 Å². The lowest BCUT2D eigenvalue weighted by Crippen LogP contribution is -2.37. The summed E-state index contributed by atoms with van der Waals surface area (Å²) in [7, 11) is 0. The van der Waals surface area contributed by atoms with Gasteiger partial charge in [0.05, 0.1) is 20.5 Å². The molecule has 2 aliphatic heterocycles. The molecule has 2 aromatic rings. The monoisotopic (exact) mass is 480 g/mol. The molecule has 2 aromatic carbocycles. The van der Waals surface area contributed by atoms with E-state index in [1.54, 1.807) is 30.3 Å². The molecule has 2 aliphatic rings. The second-order valence-electron chi connectivity index (χ2n) is 6.30. The fourth-order valence-corrected chi connectivity index (χ4v) is 4.60. The van der Waals surface area contributed by atoms with Gasteiger partial charge in [0, 0.05) is 13.1 Å². The summed E-state index contributed by atoms with van der Waals surface area (Å²) in [6.07, 6.45) is 1.76. The second-order valence-corrected chi connectivity index (χ2v) is 8.76. The van der Waals surface area contributed by atoms with Gasteiger partial charge in [0.2, 0.25) is 6.79 Å². The Balaban J connectivity index is 1.38. The van der Waals surface area contributed by atoms with Gasteiger partial charge >= 0.3 is 0 Å². The van der Waals surface area contributed by atoms with Crippen LogP contribution in [0.3, 0.4) is 0 Å². The summed E-state index contributed by atoms with van der Waals surface area (Å²) in [5.41, 5.74) is 1.08.